The van der Waals surface area contributed by atoms with E-state index in [-0.39, 0.29) is 6.42 Å². The molecule has 2 aromatic rings. The molecule has 4 nitrogen and oxygen atoms in total. The Kier molecular flexibility index (Phi) is 4.73. The molecule has 0 aliphatic carbocycles. The van der Waals surface area contributed by atoms with Gasteiger partial charge in [0.15, 0.2) is 4.34 Å². The van der Waals surface area contributed by atoms with Gasteiger partial charge in [0, 0.05) is 21.8 Å². The lowest BCUT2D eigenvalue weighted by Crippen LogP contribution is -1.99. The fourth-order valence-corrected chi connectivity index (χ4v) is 3.21. The Morgan fingerprint density at radius 1 is 1.44 bits per heavy atom. The zero-order valence-electron chi connectivity index (χ0n) is 9.17. The molecule has 0 aliphatic heterocycles. The minimum absolute atomic E-state index is 0.0202. The molecule has 0 amide bonds. The molecule has 0 bridgehead atoms. The summed E-state index contributed by atoms with van der Waals surface area (Å²) >= 11 is 6.36. The van der Waals surface area contributed by atoms with Gasteiger partial charge in [0.2, 0.25) is 0 Å². The molecule has 2 aromatic heterocycles. The van der Waals surface area contributed by atoms with Gasteiger partial charge < -0.3 is 5.11 Å². The van der Waals surface area contributed by atoms with Crippen LogP contribution < -0.4 is 0 Å². The molecule has 1 N–H and O–H groups in total. The molecule has 0 aromatic carbocycles. The van der Waals surface area contributed by atoms with E-state index in [4.69, 9.17) is 5.11 Å². The highest BCUT2D eigenvalue weighted by molar-refractivity contribution is 9.10. The van der Waals surface area contributed by atoms with Crippen LogP contribution in [-0.2, 0) is 17.0 Å². The zero-order chi connectivity index (χ0) is 13.0. The first-order valence-electron chi connectivity index (χ1n) is 5.03. The van der Waals surface area contributed by atoms with Crippen LogP contribution in [0.15, 0.2) is 32.5 Å². The standard InChI is InChI=1S/C11H9BrN2O2S2/c12-7-1-2-8(13-4-7)5-17-11-14-9(6-18-11)3-10(15)16/h1-2,4,6H,3,5H2,(H,15,16). The second-order valence-electron chi connectivity index (χ2n) is 3.43. The molecule has 2 rings (SSSR count). The number of pyridine rings is 1. The average Bonchev–Trinajstić information content (AvgIpc) is 2.75. The first kappa shape index (κ1) is 13.5. The summed E-state index contributed by atoms with van der Waals surface area (Å²) in [5.74, 6) is -0.126. The maximum Gasteiger partial charge on any atom is 0.309 e. The van der Waals surface area contributed by atoms with Crippen LogP contribution in [0.3, 0.4) is 0 Å². The van der Waals surface area contributed by atoms with Crippen molar-refractivity contribution in [2.75, 3.05) is 0 Å². The lowest BCUT2D eigenvalue weighted by atomic mass is 10.3. The Morgan fingerprint density at radius 2 is 2.28 bits per heavy atom. The van der Waals surface area contributed by atoms with E-state index in [2.05, 4.69) is 25.9 Å². The highest BCUT2D eigenvalue weighted by atomic mass is 79.9. The second kappa shape index (κ2) is 6.31. The molecule has 0 saturated carbocycles. The maximum atomic E-state index is 10.5. The van der Waals surface area contributed by atoms with Crippen molar-refractivity contribution < 1.29 is 9.90 Å². The van der Waals surface area contributed by atoms with Crippen LogP contribution in [0.1, 0.15) is 11.4 Å². The number of hydrogen-bond acceptors (Lipinski definition) is 5. The summed E-state index contributed by atoms with van der Waals surface area (Å²) in [5.41, 5.74) is 1.58. The van der Waals surface area contributed by atoms with Gasteiger partial charge in [-0.1, -0.05) is 11.8 Å². The quantitative estimate of drug-likeness (QED) is 0.843. The van der Waals surface area contributed by atoms with Crippen molar-refractivity contribution in [1.82, 2.24) is 9.97 Å². The van der Waals surface area contributed by atoms with Gasteiger partial charge in [-0.2, -0.15) is 0 Å². The molecule has 18 heavy (non-hydrogen) atoms. The summed E-state index contributed by atoms with van der Waals surface area (Å²) in [7, 11) is 0. The summed E-state index contributed by atoms with van der Waals surface area (Å²) < 4.78 is 1.82. The molecule has 0 fully saturated rings. The summed E-state index contributed by atoms with van der Waals surface area (Å²) in [6, 6.07) is 3.89. The van der Waals surface area contributed by atoms with Crippen molar-refractivity contribution in [3.63, 3.8) is 0 Å². The molecule has 0 unspecified atom stereocenters. The number of carbonyl (C=O) groups is 1. The van der Waals surface area contributed by atoms with Gasteiger partial charge in [-0.05, 0) is 28.1 Å². The highest BCUT2D eigenvalue weighted by Gasteiger charge is 2.07. The average molecular weight is 345 g/mol. The molecule has 0 radical (unpaired) electrons. The zero-order valence-corrected chi connectivity index (χ0v) is 12.4. The van der Waals surface area contributed by atoms with E-state index in [1.54, 1.807) is 23.3 Å². The van der Waals surface area contributed by atoms with E-state index >= 15 is 0 Å². The molecule has 2 heterocycles. The van der Waals surface area contributed by atoms with Crippen molar-refractivity contribution >= 4 is 45.0 Å². The van der Waals surface area contributed by atoms with Gasteiger partial charge in [0.05, 0.1) is 17.8 Å². The maximum absolute atomic E-state index is 10.5. The summed E-state index contributed by atoms with van der Waals surface area (Å²) in [4.78, 5) is 19.0. The molecule has 0 aliphatic rings. The topological polar surface area (TPSA) is 63.1 Å². The van der Waals surface area contributed by atoms with E-state index in [0.29, 0.717) is 5.69 Å². The lowest BCUT2D eigenvalue weighted by molar-refractivity contribution is -0.136. The van der Waals surface area contributed by atoms with Crippen molar-refractivity contribution in [1.29, 1.82) is 0 Å². The third-order valence-electron chi connectivity index (χ3n) is 2.00. The normalized spacial score (nSPS) is 10.5. The van der Waals surface area contributed by atoms with Crippen molar-refractivity contribution in [2.24, 2.45) is 0 Å². The molecule has 0 saturated heterocycles. The SMILES string of the molecule is O=C(O)Cc1csc(SCc2ccc(Br)cn2)n1. The van der Waals surface area contributed by atoms with Crippen molar-refractivity contribution in [3.8, 4) is 0 Å². The third-order valence-corrected chi connectivity index (χ3v) is 4.57. The smallest absolute Gasteiger partial charge is 0.309 e. The second-order valence-corrected chi connectivity index (χ2v) is 6.43. The summed E-state index contributed by atoms with van der Waals surface area (Å²) in [5, 5.41) is 10.4. The minimum atomic E-state index is -0.855. The largest absolute Gasteiger partial charge is 0.481 e. The van der Waals surface area contributed by atoms with Crippen LogP contribution in [-0.4, -0.2) is 21.0 Å². The summed E-state index contributed by atoms with van der Waals surface area (Å²) in [6.07, 6.45) is 1.74. The highest BCUT2D eigenvalue weighted by Crippen LogP contribution is 2.26. The van der Waals surface area contributed by atoms with Gasteiger partial charge in [-0.3, -0.25) is 9.78 Å². The molecular formula is C11H9BrN2O2S2. The minimum Gasteiger partial charge on any atom is -0.481 e. The van der Waals surface area contributed by atoms with Gasteiger partial charge in [0.1, 0.15) is 0 Å². The summed E-state index contributed by atoms with van der Waals surface area (Å²) in [6.45, 7) is 0. The first-order valence-corrected chi connectivity index (χ1v) is 7.69. The lowest BCUT2D eigenvalue weighted by Gasteiger charge is -1.98. The number of nitrogens with zero attached hydrogens (tertiary/aromatic N) is 2. The fraction of sp³-hybridized carbons (Fsp3) is 0.182. The van der Waals surface area contributed by atoms with Crippen molar-refractivity contribution in [2.45, 2.75) is 16.5 Å². The molecule has 94 valence electrons. The number of halogens is 1. The van der Waals surface area contributed by atoms with Crippen molar-refractivity contribution in [3.05, 3.63) is 39.6 Å². The molecular weight excluding hydrogens is 336 g/mol. The Morgan fingerprint density at radius 3 is 2.94 bits per heavy atom. The first-order chi connectivity index (χ1) is 8.63. The van der Waals surface area contributed by atoms with Crippen LogP contribution >= 0.6 is 39.0 Å². The van der Waals surface area contributed by atoms with Gasteiger partial charge in [0.25, 0.3) is 0 Å². The number of rotatable bonds is 5. The molecule has 0 spiro atoms. The van der Waals surface area contributed by atoms with E-state index in [0.717, 1.165) is 20.3 Å². The Hall–Kier alpha value is -0.920. The predicted octanol–water partition coefficient (Wildman–Crippen LogP) is 3.22. The predicted molar refractivity (Wildman–Crippen MR) is 75.0 cm³/mol. The number of aromatic nitrogens is 2. The van der Waals surface area contributed by atoms with Gasteiger partial charge in [-0.15, -0.1) is 11.3 Å². The van der Waals surface area contributed by atoms with E-state index in [1.165, 1.54) is 11.3 Å². The van der Waals surface area contributed by atoms with Crippen LogP contribution in [0, 0.1) is 0 Å². The molecule has 7 heteroatoms. The number of carboxylic acid groups (broad SMARTS) is 1. The number of thioether (sulfide) groups is 1. The van der Waals surface area contributed by atoms with Gasteiger partial charge in [-0.25, -0.2) is 4.98 Å². The number of aliphatic carboxylic acids is 1. The fourth-order valence-electron chi connectivity index (χ4n) is 1.22. The van der Waals surface area contributed by atoms with Crippen LogP contribution in [0.4, 0.5) is 0 Å². The van der Waals surface area contributed by atoms with Crippen LogP contribution in [0.5, 0.6) is 0 Å². The van der Waals surface area contributed by atoms with E-state index < -0.39 is 5.97 Å². The monoisotopic (exact) mass is 344 g/mol. The Labute approximate surface area is 121 Å². The van der Waals surface area contributed by atoms with E-state index in [9.17, 15) is 4.79 Å². The number of hydrogen-bond donors (Lipinski definition) is 1. The Bertz CT molecular complexity index is 542. The van der Waals surface area contributed by atoms with Crippen LogP contribution in [0.2, 0.25) is 0 Å². The third kappa shape index (κ3) is 4.08. The Balaban J connectivity index is 1.92. The van der Waals surface area contributed by atoms with Crippen LogP contribution in [0.25, 0.3) is 0 Å². The molecule has 0 atom stereocenters. The number of carboxylic acids is 1. The van der Waals surface area contributed by atoms with Gasteiger partial charge >= 0.3 is 5.97 Å². The van der Waals surface area contributed by atoms with E-state index in [1.807, 2.05) is 12.1 Å². The number of thiazole rings is 1.